The number of para-hydroxylation sites is 1. The van der Waals surface area contributed by atoms with Gasteiger partial charge in [0.1, 0.15) is 5.82 Å². The fourth-order valence-corrected chi connectivity index (χ4v) is 2.06. The summed E-state index contributed by atoms with van der Waals surface area (Å²) in [4.78, 5) is 8.78. The van der Waals surface area contributed by atoms with Crippen LogP contribution in [0.2, 0.25) is 0 Å². The zero-order valence-electron chi connectivity index (χ0n) is 14.0. The number of halogens is 1. The highest BCUT2D eigenvalue weighted by Crippen LogP contribution is 2.13. The first-order valence-corrected chi connectivity index (χ1v) is 7.73. The lowest BCUT2D eigenvalue weighted by molar-refractivity contribution is 0.615. The van der Waals surface area contributed by atoms with Gasteiger partial charge in [-0.2, -0.15) is 0 Å². The average Bonchev–Trinajstić information content (AvgIpc) is 2.54. The number of hydrogen-bond acceptors (Lipinski definition) is 3. The molecule has 0 radical (unpaired) electrons. The van der Waals surface area contributed by atoms with Gasteiger partial charge < -0.3 is 16.0 Å². The van der Waals surface area contributed by atoms with Crippen LogP contribution < -0.4 is 16.0 Å². The van der Waals surface area contributed by atoms with Crippen molar-refractivity contribution in [2.45, 2.75) is 13.8 Å². The van der Waals surface area contributed by atoms with Crippen molar-refractivity contribution in [2.24, 2.45) is 10.9 Å². The fraction of sp³-hybridized carbons (Fsp3) is 0.412. The molecule has 6 heteroatoms. The molecule has 5 nitrogen and oxygen atoms in total. The highest BCUT2D eigenvalue weighted by molar-refractivity contribution is 14.0. The molecule has 1 heterocycles. The molecule has 0 spiro atoms. The fourth-order valence-electron chi connectivity index (χ4n) is 2.06. The van der Waals surface area contributed by atoms with Crippen molar-refractivity contribution in [2.75, 3.05) is 32.0 Å². The number of hydrogen-bond donors (Lipinski definition) is 3. The number of rotatable bonds is 6. The normalized spacial score (nSPS) is 11.2. The molecule has 0 unspecified atom stereocenters. The smallest absolute Gasteiger partial charge is 0.191 e. The van der Waals surface area contributed by atoms with E-state index in [-0.39, 0.29) is 24.0 Å². The third kappa shape index (κ3) is 6.60. The molecule has 0 aliphatic rings. The minimum atomic E-state index is 0. The van der Waals surface area contributed by atoms with Crippen molar-refractivity contribution in [1.82, 2.24) is 15.6 Å². The molecule has 1 aromatic carbocycles. The third-order valence-corrected chi connectivity index (χ3v) is 3.22. The highest BCUT2D eigenvalue weighted by atomic mass is 127. The predicted molar refractivity (Wildman–Crippen MR) is 110 cm³/mol. The summed E-state index contributed by atoms with van der Waals surface area (Å²) in [6.07, 6.45) is 0. The van der Waals surface area contributed by atoms with Crippen molar-refractivity contribution in [3.63, 3.8) is 0 Å². The van der Waals surface area contributed by atoms with Crippen molar-refractivity contribution in [3.05, 3.63) is 36.4 Å². The molecule has 2 rings (SSSR count). The molecular weight excluding hydrogens is 401 g/mol. The highest BCUT2D eigenvalue weighted by Gasteiger charge is 2.00. The van der Waals surface area contributed by atoms with Gasteiger partial charge in [0.05, 0.1) is 5.52 Å². The van der Waals surface area contributed by atoms with E-state index in [1.807, 2.05) is 24.3 Å². The lowest BCUT2D eigenvalue weighted by atomic mass is 10.2. The molecule has 3 N–H and O–H groups in total. The van der Waals surface area contributed by atoms with Gasteiger partial charge in [-0.15, -0.1) is 24.0 Å². The summed E-state index contributed by atoms with van der Waals surface area (Å²) in [5.74, 6) is 2.33. The van der Waals surface area contributed by atoms with Gasteiger partial charge in [0.25, 0.3) is 0 Å². The van der Waals surface area contributed by atoms with E-state index < -0.39 is 0 Å². The first-order chi connectivity index (χ1) is 10.7. The maximum absolute atomic E-state index is 4.59. The zero-order chi connectivity index (χ0) is 15.8. The van der Waals surface area contributed by atoms with E-state index in [1.165, 1.54) is 0 Å². The number of fused-ring (bicyclic) bond motifs is 1. The minimum Gasteiger partial charge on any atom is -0.368 e. The van der Waals surface area contributed by atoms with Crippen LogP contribution in [0.15, 0.2) is 41.4 Å². The lowest BCUT2D eigenvalue weighted by Gasteiger charge is -2.14. The van der Waals surface area contributed by atoms with Crippen LogP contribution in [0.5, 0.6) is 0 Å². The second-order valence-electron chi connectivity index (χ2n) is 5.59. The Bertz CT molecular complexity index is 627. The Kier molecular flexibility index (Phi) is 8.68. The van der Waals surface area contributed by atoms with Crippen LogP contribution in [0.25, 0.3) is 10.9 Å². The standard InChI is InChI=1S/C17H25N5.HI/c1-13(2)12-21-17(18-3)20-11-10-19-16-9-8-14-6-4-5-7-15(14)22-16;/h4-9,13H,10-12H2,1-3H3,(H,19,22)(H2,18,20,21);1H. The lowest BCUT2D eigenvalue weighted by Crippen LogP contribution is -2.41. The molecule has 0 saturated carbocycles. The van der Waals surface area contributed by atoms with Gasteiger partial charge in [-0.3, -0.25) is 4.99 Å². The molecule has 0 aliphatic carbocycles. The van der Waals surface area contributed by atoms with E-state index in [0.717, 1.165) is 42.3 Å². The SMILES string of the molecule is CN=C(NCCNc1ccc2ccccc2n1)NCC(C)C.I. The van der Waals surface area contributed by atoms with Crippen LogP contribution in [0, 0.1) is 5.92 Å². The van der Waals surface area contributed by atoms with Crippen molar-refractivity contribution >= 4 is 46.7 Å². The summed E-state index contributed by atoms with van der Waals surface area (Å²) in [7, 11) is 1.79. The second kappa shape index (κ2) is 10.3. The molecule has 0 fully saturated rings. The maximum atomic E-state index is 4.59. The van der Waals surface area contributed by atoms with Gasteiger partial charge in [0, 0.05) is 32.1 Å². The maximum Gasteiger partial charge on any atom is 0.191 e. The Morgan fingerprint density at radius 2 is 1.87 bits per heavy atom. The van der Waals surface area contributed by atoms with Gasteiger partial charge in [0.2, 0.25) is 0 Å². The van der Waals surface area contributed by atoms with E-state index in [4.69, 9.17) is 0 Å². The van der Waals surface area contributed by atoms with Crippen LogP contribution in [0.1, 0.15) is 13.8 Å². The summed E-state index contributed by atoms with van der Waals surface area (Å²) in [6, 6.07) is 12.2. The van der Waals surface area contributed by atoms with Crippen LogP contribution in [-0.4, -0.2) is 37.6 Å². The largest absolute Gasteiger partial charge is 0.368 e. The summed E-state index contributed by atoms with van der Waals surface area (Å²) < 4.78 is 0. The summed E-state index contributed by atoms with van der Waals surface area (Å²) >= 11 is 0. The van der Waals surface area contributed by atoms with Gasteiger partial charge in [-0.1, -0.05) is 32.0 Å². The van der Waals surface area contributed by atoms with Gasteiger partial charge in [-0.25, -0.2) is 4.98 Å². The molecule has 0 atom stereocenters. The Hall–Kier alpha value is -1.57. The second-order valence-corrected chi connectivity index (χ2v) is 5.59. The van der Waals surface area contributed by atoms with Crippen molar-refractivity contribution < 1.29 is 0 Å². The van der Waals surface area contributed by atoms with Crippen molar-refractivity contribution in [3.8, 4) is 0 Å². The van der Waals surface area contributed by atoms with Crippen LogP contribution in [0.4, 0.5) is 5.82 Å². The zero-order valence-corrected chi connectivity index (χ0v) is 16.3. The third-order valence-electron chi connectivity index (χ3n) is 3.22. The minimum absolute atomic E-state index is 0. The first kappa shape index (κ1) is 19.5. The first-order valence-electron chi connectivity index (χ1n) is 7.73. The number of nitrogens with zero attached hydrogens (tertiary/aromatic N) is 2. The van der Waals surface area contributed by atoms with Gasteiger partial charge in [0.15, 0.2) is 5.96 Å². The van der Waals surface area contributed by atoms with E-state index in [1.54, 1.807) is 7.05 Å². The number of anilines is 1. The summed E-state index contributed by atoms with van der Waals surface area (Å²) in [5.41, 5.74) is 1.01. The molecule has 126 valence electrons. The molecule has 0 aliphatic heterocycles. The number of aliphatic imine (C=N–C) groups is 1. The Morgan fingerprint density at radius 1 is 1.09 bits per heavy atom. The van der Waals surface area contributed by atoms with Gasteiger partial charge >= 0.3 is 0 Å². The number of benzene rings is 1. The Labute approximate surface area is 155 Å². The van der Waals surface area contributed by atoms with E-state index >= 15 is 0 Å². The molecule has 1 aromatic heterocycles. The van der Waals surface area contributed by atoms with Crippen LogP contribution >= 0.6 is 24.0 Å². The molecule has 0 bridgehead atoms. The number of nitrogens with one attached hydrogen (secondary N) is 3. The Morgan fingerprint density at radius 3 is 2.61 bits per heavy atom. The van der Waals surface area contributed by atoms with Crippen LogP contribution in [0.3, 0.4) is 0 Å². The average molecular weight is 427 g/mol. The quantitative estimate of drug-likeness (QED) is 0.287. The van der Waals surface area contributed by atoms with Crippen molar-refractivity contribution in [1.29, 1.82) is 0 Å². The number of pyridine rings is 1. The molecule has 0 saturated heterocycles. The number of aromatic nitrogens is 1. The molecule has 0 amide bonds. The monoisotopic (exact) mass is 427 g/mol. The predicted octanol–water partition coefficient (Wildman–Crippen LogP) is 3.09. The van der Waals surface area contributed by atoms with Crippen LogP contribution in [-0.2, 0) is 0 Å². The molecule has 23 heavy (non-hydrogen) atoms. The number of guanidine groups is 1. The molecular formula is C17H26IN5. The molecule has 2 aromatic rings. The summed E-state index contributed by atoms with van der Waals surface area (Å²) in [6.45, 7) is 6.83. The topological polar surface area (TPSA) is 61.3 Å². The van der Waals surface area contributed by atoms with Gasteiger partial charge in [-0.05, 0) is 24.1 Å². The van der Waals surface area contributed by atoms with E-state index in [9.17, 15) is 0 Å². The Balaban J connectivity index is 0.00000264. The summed E-state index contributed by atoms with van der Waals surface area (Å²) in [5, 5.41) is 11.0. The van der Waals surface area contributed by atoms with E-state index in [0.29, 0.717) is 5.92 Å². The van der Waals surface area contributed by atoms with E-state index in [2.05, 4.69) is 51.9 Å².